The highest BCUT2D eigenvalue weighted by atomic mass is 35.5. The van der Waals surface area contributed by atoms with Crippen molar-refractivity contribution in [3.63, 3.8) is 0 Å². The Morgan fingerprint density at radius 2 is 2.09 bits per heavy atom. The molecule has 3 aromatic rings. The summed E-state index contributed by atoms with van der Waals surface area (Å²) >= 11 is 5.97. The fraction of sp³-hybridized carbons (Fsp3) is 0.0588. The second-order valence-corrected chi connectivity index (χ2v) is 5.26. The summed E-state index contributed by atoms with van der Waals surface area (Å²) < 4.78 is 5.00. The Morgan fingerprint density at radius 3 is 2.87 bits per heavy atom. The molecule has 0 aliphatic heterocycles. The zero-order chi connectivity index (χ0) is 16.2. The summed E-state index contributed by atoms with van der Waals surface area (Å²) in [5.41, 5.74) is 5.34. The summed E-state index contributed by atoms with van der Waals surface area (Å²) in [6.45, 7) is 0. The lowest BCUT2D eigenvalue weighted by molar-refractivity contribution is 0.373. The fourth-order valence-electron chi connectivity index (χ4n) is 2.18. The Hall–Kier alpha value is -2.79. The van der Waals surface area contributed by atoms with Gasteiger partial charge < -0.3 is 9.84 Å². The molecule has 2 N–H and O–H groups in total. The predicted octanol–water partition coefficient (Wildman–Crippen LogP) is 4.05. The summed E-state index contributed by atoms with van der Waals surface area (Å²) in [4.78, 5) is 4.28. The number of nitrogens with one attached hydrogen (secondary N) is 1. The van der Waals surface area contributed by atoms with Crippen LogP contribution in [0.2, 0.25) is 5.02 Å². The highest BCUT2D eigenvalue weighted by molar-refractivity contribution is 6.31. The third kappa shape index (κ3) is 3.35. The number of phenols is 1. The lowest BCUT2D eigenvalue weighted by Gasteiger charge is -2.06. The maximum Gasteiger partial charge on any atom is 0.160 e. The van der Waals surface area contributed by atoms with Gasteiger partial charge in [0.15, 0.2) is 11.5 Å². The molecule has 0 aliphatic carbocycles. The first-order valence-electron chi connectivity index (χ1n) is 6.88. The number of hydrogen-bond acceptors (Lipinski definition) is 5. The van der Waals surface area contributed by atoms with Crippen LogP contribution in [0.25, 0.3) is 10.9 Å². The summed E-state index contributed by atoms with van der Waals surface area (Å²) in [5, 5.41) is 15.5. The molecule has 6 heteroatoms. The van der Waals surface area contributed by atoms with Crippen LogP contribution in [0.1, 0.15) is 5.56 Å². The molecule has 0 radical (unpaired) electrons. The molecule has 23 heavy (non-hydrogen) atoms. The molecular formula is C17H14ClN3O2. The van der Waals surface area contributed by atoms with Crippen molar-refractivity contribution < 1.29 is 9.84 Å². The first-order valence-corrected chi connectivity index (χ1v) is 7.25. The molecular weight excluding hydrogens is 314 g/mol. The predicted molar refractivity (Wildman–Crippen MR) is 92.6 cm³/mol. The Kier molecular flexibility index (Phi) is 4.30. The van der Waals surface area contributed by atoms with Crippen LogP contribution in [0.5, 0.6) is 11.5 Å². The maximum atomic E-state index is 9.75. The topological polar surface area (TPSA) is 66.7 Å². The Balaban J connectivity index is 1.82. The van der Waals surface area contributed by atoms with Gasteiger partial charge in [0, 0.05) is 16.6 Å². The van der Waals surface area contributed by atoms with Crippen molar-refractivity contribution >= 4 is 34.4 Å². The minimum atomic E-state index is 0.0699. The monoisotopic (exact) mass is 327 g/mol. The third-order valence-corrected chi connectivity index (χ3v) is 3.54. The van der Waals surface area contributed by atoms with Crippen LogP contribution in [-0.4, -0.2) is 23.4 Å². The molecule has 0 fully saturated rings. The number of aromatic nitrogens is 1. The van der Waals surface area contributed by atoms with E-state index in [1.165, 1.54) is 7.11 Å². The average molecular weight is 328 g/mol. The number of benzene rings is 2. The number of methoxy groups -OCH3 is 1. The average Bonchev–Trinajstić information content (AvgIpc) is 2.55. The number of ether oxygens (including phenoxy) is 1. The molecule has 0 amide bonds. The van der Waals surface area contributed by atoms with Gasteiger partial charge in [-0.15, -0.1) is 0 Å². The van der Waals surface area contributed by atoms with Gasteiger partial charge in [-0.25, -0.2) is 0 Å². The van der Waals surface area contributed by atoms with Gasteiger partial charge in [-0.3, -0.25) is 10.4 Å². The highest BCUT2D eigenvalue weighted by Gasteiger charge is 2.02. The smallest absolute Gasteiger partial charge is 0.160 e. The van der Waals surface area contributed by atoms with E-state index in [-0.39, 0.29) is 5.75 Å². The van der Waals surface area contributed by atoms with Gasteiger partial charge in [0.2, 0.25) is 0 Å². The van der Waals surface area contributed by atoms with Crippen molar-refractivity contribution in [1.82, 2.24) is 4.98 Å². The number of halogens is 1. The van der Waals surface area contributed by atoms with E-state index in [1.807, 2.05) is 18.2 Å². The van der Waals surface area contributed by atoms with E-state index in [4.69, 9.17) is 16.3 Å². The van der Waals surface area contributed by atoms with E-state index in [9.17, 15) is 5.11 Å². The Bertz CT molecular complexity index is 881. The van der Waals surface area contributed by atoms with Crippen LogP contribution < -0.4 is 10.2 Å². The van der Waals surface area contributed by atoms with Crippen molar-refractivity contribution in [1.29, 1.82) is 0 Å². The molecule has 0 atom stereocenters. The molecule has 2 aromatic carbocycles. The Morgan fingerprint density at radius 1 is 1.22 bits per heavy atom. The fourth-order valence-corrected chi connectivity index (χ4v) is 2.35. The number of anilines is 1. The van der Waals surface area contributed by atoms with E-state index in [2.05, 4.69) is 15.5 Å². The highest BCUT2D eigenvalue weighted by Crippen LogP contribution is 2.26. The number of hydrogen-bond donors (Lipinski definition) is 2. The molecule has 116 valence electrons. The quantitative estimate of drug-likeness (QED) is 0.560. The number of phenolic OH excluding ortho intramolecular Hbond substituents is 1. The van der Waals surface area contributed by atoms with E-state index in [1.54, 1.807) is 36.7 Å². The first-order chi connectivity index (χ1) is 11.2. The van der Waals surface area contributed by atoms with Crippen molar-refractivity contribution in [2.45, 2.75) is 0 Å². The summed E-state index contributed by atoms with van der Waals surface area (Å²) in [5.74, 6) is 0.493. The van der Waals surface area contributed by atoms with Crippen LogP contribution in [0.3, 0.4) is 0 Å². The number of rotatable bonds is 4. The van der Waals surface area contributed by atoms with Gasteiger partial charge >= 0.3 is 0 Å². The number of pyridine rings is 1. The second kappa shape index (κ2) is 6.54. The van der Waals surface area contributed by atoms with Crippen LogP contribution in [-0.2, 0) is 0 Å². The standard InChI is InChI=1S/C17H14ClN3O2/c1-23-17-5-2-11(8-16(17)22)10-20-21-14-6-7-19-15-9-12(18)3-4-13(14)15/h2-10,22H,1H3,(H,19,21). The first kappa shape index (κ1) is 15.1. The lowest BCUT2D eigenvalue weighted by Crippen LogP contribution is -1.93. The number of nitrogens with zero attached hydrogens (tertiary/aromatic N) is 2. The largest absolute Gasteiger partial charge is 0.504 e. The van der Waals surface area contributed by atoms with Gasteiger partial charge in [-0.05, 0) is 48.0 Å². The molecule has 0 aliphatic rings. The van der Waals surface area contributed by atoms with Gasteiger partial charge in [0.25, 0.3) is 0 Å². The van der Waals surface area contributed by atoms with Crippen molar-refractivity contribution in [3.05, 3.63) is 59.2 Å². The third-order valence-electron chi connectivity index (χ3n) is 3.31. The molecule has 0 saturated carbocycles. The molecule has 0 bridgehead atoms. The van der Waals surface area contributed by atoms with E-state index >= 15 is 0 Å². The molecule has 3 rings (SSSR count). The molecule has 1 heterocycles. The molecule has 5 nitrogen and oxygen atoms in total. The van der Waals surface area contributed by atoms with Crippen molar-refractivity contribution in [2.24, 2.45) is 5.10 Å². The zero-order valence-corrected chi connectivity index (χ0v) is 13.1. The maximum absolute atomic E-state index is 9.75. The van der Waals surface area contributed by atoms with E-state index in [0.29, 0.717) is 10.8 Å². The molecule has 1 aromatic heterocycles. The molecule has 0 unspecified atom stereocenters. The van der Waals surface area contributed by atoms with Crippen LogP contribution in [0, 0.1) is 0 Å². The SMILES string of the molecule is COc1ccc(C=NNc2ccnc3cc(Cl)ccc23)cc1O. The second-order valence-electron chi connectivity index (χ2n) is 4.82. The van der Waals surface area contributed by atoms with Crippen LogP contribution in [0.4, 0.5) is 5.69 Å². The van der Waals surface area contributed by atoms with E-state index in [0.717, 1.165) is 22.2 Å². The van der Waals surface area contributed by atoms with Gasteiger partial charge in [0.1, 0.15) is 0 Å². The number of fused-ring (bicyclic) bond motifs is 1. The summed E-state index contributed by atoms with van der Waals surface area (Å²) in [6, 6.07) is 12.4. The van der Waals surface area contributed by atoms with Crippen molar-refractivity contribution in [3.8, 4) is 11.5 Å². The summed E-state index contributed by atoms with van der Waals surface area (Å²) in [6.07, 6.45) is 3.30. The summed E-state index contributed by atoms with van der Waals surface area (Å²) in [7, 11) is 1.51. The molecule has 0 spiro atoms. The Labute approximate surface area is 138 Å². The van der Waals surface area contributed by atoms with Crippen LogP contribution in [0.15, 0.2) is 53.8 Å². The van der Waals surface area contributed by atoms with Gasteiger partial charge in [-0.2, -0.15) is 5.10 Å². The zero-order valence-electron chi connectivity index (χ0n) is 12.3. The number of hydrazone groups is 1. The van der Waals surface area contributed by atoms with E-state index < -0.39 is 0 Å². The van der Waals surface area contributed by atoms with Gasteiger partial charge in [-0.1, -0.05) is 11.6 Å². The van der Waals surface area contributed by atoms with Crippen LogP contribution >= 0.6 is 11.6 Å². The minimum Gasteiger partial charge on any atom is -0.504 e. The van der Waals surface area contributed by atoms with Gasteiger partial charge in [0.05, 0.1) is 24.5 Å². The molecule has 0 saturated heterocycles. The minimum absolute atomic E-state index is 0.0699. The normalized spacial score (nSPS) is 11.0. The van der Waals surface area contributed by atoms with Crippen molar-refractivity contribution in [2.75, 3.05) is 12.5 Å². The lowest BCUT2D eigenvalue weighted by atomic mass is 10.2. The number of aromatic hydroxyl groups is 1.